The van der Waals surface area contributed by atoms with E-state index in [1.54, 1.807) is 30.5 Å². The number of hydrogen-bond donors (Lipinski definition) is 0. The topological polar surface area (TPSA) is 39.4 Å². The Labute approximate surface area is 132 Å². The predicted octanol–water partition coefficient (Wildman–Crippen LogP) is 4.35. The number of rotatable bonds is 7. The van der Waals surface area contributed by atoms with Crippen LogP contribution in [0.4, 0.5) is 0 Å². The van der Waals surface area contributed by atoms with Gasteiger partial charge in [0.1, 0.15) is 11.5 Å². The SMILES string of the molecule is O=C(C=Cc1ccc(OCCBr)cc1)C=Cc1ccco1. The lowest BCUT2D eigenvalue weighted by Gasteiger charge is -2.03. The molecule has 1 heterocycles. The van der Waals surface area contributed by atoms with Gasteiger partial charge in [-0.2, -0.15) is 0 Å². The molecule has 0 aliphatic carbocycles. The summed E-state index contributed by atoms with van der Waals surface area (Å²) < 4.78 is 10.6. The fourth-order valence-corrected chi connectivity index (χ4v) is 1.78. The van der Waals surface area contributed by atoms with Crippen LogP contribution in [0, 0.1) is 0 Å². The van der Waals surface area contributed by atoms with E-state index in [1.165, 1.54) is 12.2 Å². The number of hydrogen-bond acceptors (Lipinski definition) is 3. The van der Waals surface area contributed by atoms with Crippen molar-refractivity contribution in [3.63, 3.8) is 0 Å². The van der Waals surface area contributed by atoms with Crippen molar-refractivity contribution in [2.45, 2.75) is 0 Å². The van der Waals surface area contributed by atoms with Gasteiger partial charge in [-0.1, -0.05) is 34.1 Å². The van der Waals surface area contributed by atoms with Crippen molar-refractivity contribution in [1.29, 1.82) is 0 Å². The molecule has 2 rings (SSSR count). The van der Waals surface area contributed by atoms with Gasteiger partial charge in [0, 0.05) is 5.33 Å². The fourth-order valence-electron chi connectivity index (χ4n) is 1.62. The number of ether oxygens (including phenoxy) is 1. The zero-order valence-corrected chi connectivity index (χ0v) is 13.0. The second kappa shape index (κ2) is 8.27. The molecule has 21 heavy (non-hydrogen) atoms. The number of allylic oxidation sites excluding steroid dienone is 2. The molecule has 0 radical (unpaired) electrons. The van der Waals surface area contributed by atoms with Crippen LogP contribution in [0.1, 0.15) is 11.3 Å². The highest BCUT2D eigenvalue weighted by Gasteiger charge is 1.95. The highest BCUT2D eigenvalue weighted by Crippen LogP contribution is 2.13. The molecule has 0 aliphatic heterocycles. The molecular formula is C17H15BrO3. The normalized spacial score (nSPS) is 11.3. The monoisotopic (exact) mass is 346 g/mol. The first-order valence-corrected chi connectivity index (χ1v) is 7.62. The first-order chi connectivity index (χ1) is 10.3. The van der Waals surface area contributed by atoms with Crippen molar-refractivity contribution in [1.82, 2.24) is 0 Å². The molecule has 0 aliphatic rings. The number of halogens is 1. The predicted molar refractivity (Wildman–Crippen MR) is 87.5 cm³/mol. The van der Waals surface area contributed by atoms with Gasteiger partial charge in [0.15, 0.2) is 5.78 Å². The largest absolute Gasteiger partial charge is 0.493 e. The Morgan fingerprint density at radius 2 is 1.90 bits per heavy atom. The molecule has 0 saturated carbocycles. The van der Waals surface area contributed by atoms with E-state index in [4.69, 9.17) is 9.15 Å². The number of alkyl halides is 1. The fraction of sp³-hybridized carbons (Fsp3) is 0.118. The average Bonchev–Trinajstić information content (AvgIpc) is 3.03. The second-order valence-corrected chi connectivity index (χ2v) is 4.98. The molecule has 3 nitrogen and oxygen atoms in total. The number of furan rings is 1. The minimum atomic E-state index is -0.0917. The molecule has 108 valence electrons. The third kappa shape index (κ3) is 5.44. The third-order valence-electron chi connectivity index (χ3n) is 2.62. The van der Waals surface area contributed by atoms with Crippen LogP contribution >= 0.6 is 15.9 Å². The van der Waals surface area contributed by atoms with E-state index in [9.17, 15) is 4.79 Å². The van der Waals surface area contributed by atoms with Crippen molar-refractivity contribution in [2.24, 2.45) is 0 Å². The Balaban J connectivity index is 1.89. The quantitative estimate of drug-likeness (QED) is 0.552. The van der Waals surface area contributed by atoms with E-state index in [0.29, 0.717) is 12.4 Å². The Kier molecular flexibility index (Phi) is 6.03. The van der Waals surface area contributed by atoms with E-state index in [0.717, 1.165) is 16.6 Å². The van der Waals surface area contributed by atoms with Crippen molar-refractivity contribution in [3.05, 3.63) is 66.1 Å². The first kappa shape index (κ1) is 15.3. The Hall–Kier alpha value is -2.07. The van der Waals surface area contributed by atoms with Gasteiger partial charge in [0.25, 0.3) is 0 Å². The molecule has 0 fully saturated rings. The summed E-state index contributed by atoms with van der Waals surface area (Å²) in [5, 5.41) is 0.797. The van der Waals surface area contributed by atoms with Crippen LogP contribution < -0.4 is 4.74 Å². The van der Waals surface area contributed by atoms with Gasteiger partial charge in [0.05, 0.1) is 12.9 Å². The van der Waals surface area contributed by atoms with Gasteiger partial charge < -0.3 is 9.15 Å². The number of ketones is 1. The first-order valence-electron chi connectivity index (χ1n) is 6.50. The van der Waals surface area contributed by atoms with Gasteiger partial charge in [-0.05, 0) is 48.1 Å². The molecule has 0 atom stereocenters. The van der Waals surface area contributed by atoms with E-state index in [1.807, 2.05) is 24.3 Å². The molecule has 0 unspecified atom stereocenters. The second-order valence-electron chi connectivity index (χ2n) is 4.19. The summed E-state index contributed by atoms with van der Waals surface area (Å²) in [4.78, 5) is 11.7. The zero-order valence-electron chi connectivity index (χ0n) is 11.4. The summed E-state index contributed by atoms with van der Waals surface area (Å²) >= 11 is 3.30. The highest BCUT2D eigenvalue weighted by molar-refractivity contribution is 9.09. The van der Waals surface area contributed by atoms with Crippen LogP contribution in [0.2, 0.25) is 0 Å². The summed E-state index contributed by atoms with van der Waals surface area (Å²) in [7, 11) is 0. The van der Waals surface area contributed by atoms with Crippen molar-refractivity contribution in [2.75, 3.05) is 11.9 Å². The summed E-state index contributed by atoms with van der Waals surface area (Å²) in [5.41, 5.74) is 0.945. The molecule has 0 spiro atoms. The van der Waals surface area contributed by atoms with Crippen LogP contribution in [-0.2, 0) is 4.79 Å². The molecule has 4 heteroatoms. The number of carbonyl (C=O) groups excluding carboxylic acids is 1. The minimum Gasteiger partial charge on any atom is -0.493 e. The molecule has 0 N–H and O–H groups in total. The van der Waals surface area contributed by atoms with Gasteiger partial charge in [-0.15, -0.1) is 0 Å². The highest BCUT2D eigenvalue weighted by atomic mass is 79.9. The van der Waals surface area contributed by atoms with Crippen LogP contribution in [-0.4, -0.2) is 17.7 Å². The molecule has 2 aromatic rings. The van der Waals surface area contributed by atoms with Crippen molar-refractivity contribution < 1.29 is 13.9 Å². The summed E-state index contributed by atoms with van der Waals surface area (Å²) in [6.07, 6.45) is 7.97. The zero-order chi connectivity index (χ0) is 14.9. The summed E-state index contributed by atoms with van der Waals surface area (Å²) in [6.45, 7) is 0.630. The number of carbonyl (C=O) groups is 1. The molecule has 0 bridgehead atoms. The maximum atomic E-state index is 11.7. The molecule has 1 aromatic heterocycles. The van der Waals surface area contributed by atoms with E-state index >= 15 is 0 Å². The summed E-state index contributed by atoms with van der Waals surface area (Å²) in [6, 6.07) is 11.1. The standard InChI is InChI=1S/C17H15BrO3/c18-11-13-21-17-8-4-14(5-9-17)3-6-15(19)7-10-16-2-1-12-20-16/h1-10,12H,11,13H2. The van der Waals surface area contributed by atoms with Gasteiger partial charge in [-0.3, -0.25) is 4.79 Å². The van der Waals surface area contributed by atoms with Crippen molar-refractivity contribution >= 4 is 33.9 Å². The lowest BCUT2D eigenvalue weighted by Crippen LogP contribution is -1.97. The van der Waals surface area contributed by atoms with Gasteiger partial charge in [0.2, 0.25) is 0 Å². The molecule has 0 amide bonds. The number of benzene rings is 1. The van der Waals surface area contributed by atoms with E-state index in [2.05, 4.69) is 15.9 Å². The summed E-state index contributed by atoms with van der Waals surface area (Å²) in [5.74, 6) is 1.38. The van der Waals surface area contributed by atoms with Crippen LogP contribution in [0.25, 0.3) is 12.2 Å². The Bertz CT molecular complexity index is 610. The van der Waals surface area contributed by atoms with Crippen LogP contribution in [0.5, 0.6) is 5.75 Å². The molecule has 1 aromatic carbocycles. The lowest BCUT2D eigenvalue weighted by atomic mass is 10.2. The maximum absolute atomic E-state index is 11.7. The van der Waals surface area contributed by atoms with Crippen LogP contribution in [0.3, 0.4) is 0 Å². The van der Waals surface area contributed by atoms with Crippen LogP contribution in [0.15, 0.2) is 59.2 Å². The van der Waals surface area contributed by atoms with E-state index < -0.39 is 0 Å². The third-order valence-corrected chi connectivity index (χ3v) is 2.94. The molecular weight excluding hydrogens is 332 g/mol. The lowest BCUT2D eigenvalue weighted by molar-refractivity contribution is -0.110. The minimum absolute atomic E-state index is 0.0917. The Morgan fingerprint density at radius 1 is 1.14 bits per heavy atom. The smallest absolute Gasteiger partial charge is 0.178 e. The molecule has 0 saturated heterocycles. The van der Waals surface area contributed by atoms with Gasteiger partial charge in [-0.25, -0.2) is 0 Å². The maximum Gasteiger partial charge on any atom is 0.178 e. The average molecular weight is 347 g/mol. The van der Waals surface area contributed by atoms with Crippen molar-refractivity contribution in [3.8, 4) is 5.75 Å². The Morgan fingerprint density at radius 3 is 2.57 bits per heavy atom. The van der Waals surface area contributed by atoms with E-state index in [-0.39, 0.29) is 5.78 Å². The van der Waals surface area contributed by atoms with Gasteiger partial charge >= 0.3 is 0 Å².